The summed E-state index contributed by atoms with van der Waals surface area (Å²) in [7, 11) is 0. The van der Waals surface area contributed by atoms with Gasteiger partial charge in [-0.1, -0.05) is 49.4 Å². The molecular weight excluding hydrogens is 170 g/mol. The molecule has 72 valence electrons. The number of benzene rings is 1. The Bertz CT molecular complexity index is 377. The van der Waals surface area contributed by atoms with Crippen LogP contribution in [0.3, 0.4) is 0 Å². The number of anilines is 1. The first-order valence-electron chi connectivity index (χ1n) is 4.98. The second kappa shape index (κ2) is 3.70. The Morgan fingerprint density at radius 1 is 1.07 bits per heavy atom. The van der Waals surface area contributed by atoms with Crippen molar-refractivity contribution in [3.8, 4) is 0 Å². The van der Waals surface area contributed by atoms with Crippen LogP contribution in [0.5, 0.6) is 0 Å². The van der Waals surface area contributed by atoms with E-state index in [9.17, 15) is 0 Å². The molecule has 1 aliphatic carbocycles. The van der Waals surface area contributed by atoms with Gasteiger partial charge in [-0.15, -0.1) is 0 Å². The van der Waals surface area contributed by atoms with E-state index in [4.69, 9.17) is 5.73 Å². The van der Waals surface area contributed by atoms with Gasteiger partial charge in [0.2, 0.25) is 0 Å². The molecule has 1 aromatic carbocycles. The molecule has 2 atom stereocenters. The summed E-state index contributed by atoms with van der Waals surface area (Å²) in [5, 5.41) is 0. The Hall–Kier alpha value is -1.50. The number of nitrogens with two attached hydrogens (primary N) is 1. The zero-order valence-electron chi connectivity index (χ0n) is 8.35. The SMILES string of the molecule is CC1C=CC=CC1c1ccccc1N. The highest BCUT2D eigenvalue weighted by molar-refractivity contribution is 5.50. The monoisotopic (exact) mass is 185 g/mol. The van der Waals surface area contributed by atoms with Gasteiger partial charge in [0.1, 0.15) is 0 Å². The van der Waals surface area contributed by atoms with Crippen LogP contribution in [-0.4, -0.2) is 0 Å². The maximum atomic E-state index is 5.96. The zero-order chi connectivity index (χ0) is 9.97. The highest BCUT2D eigenvalue weighted by Crippen LogP contribution is 2.32. The predicted molar refractivity (Wildman–Crippen MR) is 61.0 cm³/mol. The first kappa shape index (κ1) is 9.07. The Kier molecular flexibility index (Phi) is 2.40. The van der Waals surface area contributed by atoms with Crippen LogP contribution in [0.1, 0.15) is 18.4 Å². The summed E-state index contributed by atoms with van der Waals surface area (Å²) in [5.74, 6) is 0.964. The minimum Gasteiger partial charge on any atom is -0.398 e. The molecular formula is C13H15N. The lowest BCUT2D eigenvalue weighted by Gasteiger charge is -2.22. The molecule has 2 rings (SSSR count). The number of rotatable bonds is 1. The quantitative estimate of drug-likeness (QED) is 0.668. The maximum absolute atomic E-state index is 5.96. The fourth-order valence-electron chi connectivity index (χ4n) is 1.92. The third-order valence-corrected chi connectivity index (χ3v) is 2.77. The van der Waals surface area contributed by atoms with Gasteiger partial charge in [-0.05, 0) is 17.5 Å². The van der Waals surface area contributed by atoms with Crippen molar-refractivity contribution in [3.05, 3.63) is 54.1 Å². The van der Waals surface area contributed by atoms with Crippen LogP contribution < -0.4 is 5.73 Å². The van der Waals surface area contributed by atoms with Crippen molar-refractivity contribution in [1.82, 2.24) is 0 Å². The fourth-order valence-corrected chi connectivity index (χ4v) is 1.92. The van der Waals surface area contributed by atoms with Crippen LogP contribution in [0.2, 0.25) is 0 Å². The second-order valence-corrected chi connectivity index (χ2v) is 3.78. The van der Waals surface area contributed by atoms with Gasteiger partial charge in [-0.2, -0.15) is 0 Å². The molecule has 1 aliphatic rings. The molecule has 0 aliphatic heterocycles. The van der Waals surface area contributed by atoms with Gasteiger partial charge in [0.25, 0.3) is 0 Å². The summed E-state index contributed by atoms with van der Waals surface area (Å²) >= 11 is 0. The van der Waals surface area contributed by atoms with Crippen molar-refractivity contribution in [3.63, 3.8) is 0 Å². The Labute approximate surface area is 84.9 Å². The number of hydrogen-bond donors (Lipinski definition) is 1. The normalized spacial score (nSPS) is 25.2. The van der Waals surface area contributed by atoms with Crippen molar-refractivity contribution in [1.29, 1.82) is 0 Å². The zero-order valence-corrected chi connectivity index (χ0v) is 8.35. The van der Waals surface area contributed by atoms with E-state index < -0.39 is 0 Å². The maximum Gasteiger partial charge on any atom is 0.0352 e. The van der Waals surface area contributed by atoms with Crippen LogP contribution in [0, 0.1) is 5.92 Å². The average molecular weight is 185 g/mol. The minimum atomic E-state index is 0.432. The molecule has 1 heteroatoms. The van der Waals surface area contributed by atoms with Crippen LogP contribution in [-0.2, 0) is 0 Å². The first-order valence-corrected chi connectivity index (χ1v) is 4.98. The summed E-state index contributed by atoms with van der Waals surface area (Å²) in [4.78, 5) is 0. The lowest BCUT2D eigenvalue weighted by Crippen LogP contribution is -2.09. The molecule has 0 saturated heterocycles. The Morgan fingerprint density at radius 3 is 2.50 bits per heavy atom. The number of allylic oxidation sites excluding steroid dienone is 4. The van der Waals surface area contributed by atoms with E-state index in [1.807, 2.05) is 18.2 Å². The molecule has 0 amide bonds. The predicted octanol–water partition coefficient (Wildman–Crippen LogP) is 3.11. The van der Waals surface area contributed by atoms with Crippen LogP contribution in [0.4, 0.5) is 5.69 Å². The molecule has 1 aromatic rings. The fraction of sp³-hybridized carbons (Fsp3) is 0.231. The molecule has 0 bridgehead atoms. The van der Waals surface area contributed by atoms with Gasteiger partial charge in [-0.25, -0.2) is 0 Å². The van der Waals surface area contributed by atoms with Crippen molar-refractivity contribution in [2.75, 3.05) is 5.73 Å². The summed E-state index contributed by atoms with van der Waals surface area (Å²) in [5.41, 5.74) is 8.09. The van der Waals surface area contributed by atoms with E-state index in [1.54, 1.807) is 0 Å². The molecule has 0 spiro atoms. The topological polar surface area (TPSA) is 26.0 Å². The van der Waals surface area contributed by atoms with Gasteiger partial charge < -0.3 is 5.73 Å². The summed E-state index contributed by atoms with van der Waals surface area (Å²) < 4.78 is 0. The van der Waals surface area contributed by atoms with E-state index >= 15 is 0 Å². The minimum absolute atomic E-state index is 0.432. The smallest absolute Gasteiger partial charge is 0.0352 e. The third-order valence-electron chi connectivity index (χ3n) is 2.77. The van der Waals surface area contributed by atoms with Gasteiger partial charge in [0.05, 0.1) is 0 Å². The molecule has 2 N–H and O–H groups in total. The summed E-state index contributed by atoms with van der Waals surface area (Å²) in [6.07, 6.45) is 8.63. The molecule has 2 unspecified atom stereocenters. The van der Waals surface area contributed by atoms with Crippen molar-refractivity contribution < 1.29 is 0 Å². The number of nitrogen functional groups attached to an aromatic ring is 1. The highest BCUT2D eigenvalue weighted by Gasteiger charge is 2.17. The molecule has 0 aromatic heterocycles. The summed E-state index contributed by atoms with van der Waals surface area (Å²) in [6, 6.07) is 8.10. The Morgan fingerprint density at radius 2 is 1.79 bits per heavy atom. The number of hydrogen-bond acceptors (Lipinski definition) is 1. The molecule has 1 nitrogen and oxygen atoms in total. The van der Waals surface area contributed by atoms with Crippen LogP contribution in [0.25, 0.3) is 0 Å². The first-order chi connectivity index (χ1) is 6.79. The van der Waals surface area contributed by atoms with Gasteiger partial charge >= 0.3 is 0 Å². The van der Waals surface area contributed by atoms with Crippen LogP contribution in [0.15, 0.2) is 48.6 Å². The van der Waals surface area contributed by atoms with Crippen molar-refractivity contribution in [2.24, 2.45) is 5.92 Å². The van der Waals surface area contributed by atoms with E-state index in [0.717, 1.165) is 5.69 Å². The second-order valence-electron chi connectivity index (χ2n) is 3.78. The largest absolute Gasteiger partial charge is 0.398 e. The summed E-state index contributed by atoms with van der Waals surface area (Å²) in [6.45, 7) is 2.22. The van der Waals surface area contributed by atoms with Crippen LogP contribution >= 0.6 is 0 Å². The molecule has 14 heavy (non-hydrogen) atoms. The van der Waals surface area contributed by atoms with E-state index in [1.165, 1.54) is 5.56 Å². The molecule has 0 saturated carbocycles. The molecule has 0 radical (unpaired) electrons. The molecule has 0 fully saturated rings. The van der Waals surface area contributed by atoms with E-state index in [-0.39, 0.29) is 0 Å². The lowest BCUT2D eigenvalue weighted by molar-refractivity contribution is 0.637. The van der Waals surface area contributed by atoms with Gasteiger partial charge in [0.15, 0.2) is 0 Å². The third kappa shape index (κ3) is 1.58. The average Bonchev–Trinajstić information content (AvgIpc) is 2.20. The van der Waals surface area contributed by atoms with E-state index in [0.29, 0.717) is 11.8 Å². The number of para-hydroxylation sites is 1. The lowest BCUT2D eigenvalue weighted by atomic mass is 9.83. The van der Waals surface area contributed by atoms with Gasteiger partial charge in [0, 0.05) is 11.6 Å². The van der Waals surface area contributed by atoms with Gasteiger partial charge in [-0.3, -0.25) is 0 Å². The molecule has 0 heterocycles. The van der Waals surface area contributed by atoms with E-state index in [2.05, 4.69) is 37.3 Å². The Balaban J connectivity index is 2.36. The van der Waals surface area contributed by atoms with Crippen molar-refractivity contribution in [2.45, 2.75) is 12.8 Å². The highest BCUT2D eigenvalue weighted by atomic mass is 14.6. The van der Waals surface area contributed by atoms with Crippen molar-refractivity contribution >= 4 is 5.69 Å². The standard InChI is InChI=1S/C13H15N/c1-10-6-2-3-7-11(10)12-8-4-5-9-13(12)14/h2-11H,14H2,1H3.